The molecule has 0 aromatic heterocycles. The van der Waals surface area contributed by atoms with Crippen LogP contribution in [0, 0.1) is 0 Å². The van der Waals surface area contributed by atoms with E-state index in [2.05, 4.69) is 10.1 Å². The molecule has 10 heteroatoms. The highest BCUT2D eigenvalue weighted by Gasteiger charge is 2.17. The van der Waals surface area contributed by atoms with Crippen LogP contribution in [0.15, 0.2) is 41.3 Å². The van der Waals surface area contributed by atoms with Crippen LogP contribution in [0.2, 0.25) is 15.1 Å². The zero-order valence-electron chi connectivity index (χ0n) is 11.5. The van der Waals surface area contributed by atoms with Gasteiger partial charge in [0.05, 0.1) is 20.6 Å². The van der Waals surface area contributed by atoms with Gasteiger partial charge in [-0.3, -0.25) is 16.0 Å². The number of hydrazine groups is 1. The zero-order valence-corrected chi connectivity index (χ0v) is 15.4. The van der Waals surface area contributed by atoms with Crippen LogP contribution in [-0.2, 0) is 16.6 Å². The molecule has 0 saturated carbocycles. The Hall–Kier alpha value is -0.730. The van der Waals surface area contributed by atoms with Crippen LogP contribution >= 0.6 is 47.2 Å². The van der Waals surface area contributed by atoms with Gasteiger partial charge in [-0.25, -0.2) is 8.42 Å². The highest BCUT2D eigenvalue weighted by Crippen LogP contribution is 2.28. The van der Waals surface area contributed by atoms with Crippen molar-refractivity contribution in [2.75, 3.05) is 4.72 Å². The van der Waals surface area contributed by atoms with Crippen LogP contribution in [0.1, 0.15) is 5.56 Å². The third kappa shape index (κ3) is 5.12. The molecule has 0 unspecified atom stereocenters. The summed E-state index contributed by atoms with van der Waals surface area (Å²) in [5.41, 5.74) is 3.45. The minimum absolute atomic E-state index is 0. The number of nitrogens with one attached hydrogen (secondary N) is 2. The Bertz CT molecular complexity index is 800. The highest BCUT2D eigenvalue weighted by atomic mass is 35.5. The monoisotopic (exact) mass is 415 g/mol. The first-order chi connectivity index (χ1) is 10.3. The Morgan fingerprint density at radius 1 is 1.00 bits per heavy atom. The van der Waals surface area contributed by atoms with Gasteiger partial charge in [0, 0.05) is 11.6 Å². The van der Waals surface area contributed by atoms with Gasteiger partial charge in [-0.15, -0.1) is 12.4 Å². The Labute approximate surface area is 155 Å². The summed E-state index contributed by atoms with van der Waals surface area (Å²) in [5, 5.41) is 0.823. The minimum atomic E-state index is -3.83. The molecule has 5 nitrogen and oxygen atoms in total. The van der Waals surface area contributed by atoms with Crippen LogP contribution in [0.25, 0.3) is 0 Å². The summed E-state index contributed by atoms with van der Waals surface area (Å²) >= 11 is 17.6. The van der Waals surface area contributed by atoms with Crippen molar-refractivity contribution in [1.29, 1.82) is 0 Å². The molecule has 0 aliphatic heterocycles. The van der Waals surface area contributed by atoms with Crippen molar-refractivity contribution in [2.24, 2.45) is 5.84 Å². The van der Waals surface area contributed by atoms with Gasteiger partial charge in [-0.05, 0) is 35.9 Å². The van der Waals surface area contributed by atoms with Gasteiger partial charge in [0.25, 0.3) is 10.0 Å². The van der Waals surface area contributed by atoms with Crippen LogP contribution in [0.4, 0.5) is 5.69 Å². The van der Waals surface area contributed by atoms with Crippen molar-refractivity contribution < 1.29 is 8.42 Å². The van der Waals surface area contributed by atoms with Gasteiger partial charge in [-0.1, -0.05) is 40.9 Å². The predicted molar refractivity (Wildman–Crippen MR) is 97.0 cm³/mol. The fourth-order valence-corrected chi connectivity index (χ4v) is 3.41. The molecular weight excluding hydrogens is 404 g/mol. The molecular formula is C13H13Cl4N3O2S. The van der Waals surface area contributed by atoms with Gasteiger partial charge < -0.3 is 0 Å². The van der Waals surface area contributed by atoms with Crippen molar-refractivity contribution in [3.63, 3.8) is 0 Å². The molecule has 0 atom stereocenters. The van der Waals surface area contributed by atoms with Gasteiger partial charge in [0.1, 0.15) is 0 Å². The molecule has 0 radical (unpaired) electrons. The summed E-state index contributed by atoms with van der Waals surface area (Å²) in [6.45, 7) is 0.274. The number of hydrogen-bond donors (Lipinski definition) is 3. The van der Waals surface area contributed by atoms with E-state index in [4.69, 9.17) is 40.6 Å². The Morgan fingerprint density at radius 2 is 1.70 bits per heavy atom. The lowest BCUT2D eigenvalue weighted by Crippen LogP contribution is -2.22. The first kappa shape index (κ1) is 20.3. The summed E-state index contributed by atoms with van der Waals surface area (Å²) in [6.07, 6.45) is 0. The zero-order chi connectivity index (χ0) is 16.3. The van der Waals surface area contributed by atoms with E-state index >= 15 is 0 Å². The van der Waals surface area contributed by atoms with Gasteiger partial charge in [0.15, 0.2) is 0 Å². The van der Waals surface area contributed by atoms with E-state index in [-0.39, 0.29) is 33.9 Å². The molecule has 0 heterocycles. The van der Waals surface area contributed by atoms with Crippen LogP contribution in [0.3, 0.4) is 0 Å². The standard InChI is InChI=1S/C13H12Cl3N3O2S.ClH/c14-9-2-1-8(7-18-17)13(5-9)19-22(20,21)10-3-4-11(15)12(16)6-10;/h1-6,18-19H,7,17H2;1H. The normalized spacial score (nSPS) is 11.0. The van der Waals surface area contributed by atoms with Crippen LogP contribution < -0.4 is 16.0 Å². The molecule has 0 aliphatic rings. The van der Waals surface area contributed by atoms with Crippen molar-refractivity contribution in [1.82, 2.24) is 5.43 Å². The molecule has 0 bridgehead atoms. The maximum absolute atomic E-state index is 12.4. The third-order valence-corrected chi connectivity index (χ3v) is 5.15. The Kier molecular flexibility index (Phi) is 7.41. The molecule has 2 rings (SSSR count). The topological polar surface area (TPSA) is 84.2 Å². The van der Waals surface area contributed by atoms with Crippen molar-refractivity contribution in [2.45, 2.75) is 11.4 Å². The lowest BCUT2D eigenvalue weighted by atomic mass is 10.2. The largest absolute Gasteiger partial charge is 0.279 e. The SMILES string of the molecule is Cl.NNCc1ccc(Cl)cc1NS(=O)(=O)c1ccc(Cl)c(Cl)c1. The summed E-state index contributed by atoms with van der Waals surface area (Å²) in [4.78, 5) is -0.00599. The van der Waals surface area contributed by atoms with E-state index < -0.39 is 10.0 Å². The summed E-state index contributed by atoms with van der Waals surface area (Å²) in [5.74, 6) is 5.29. The number of anilines is 1. The van der Waals surface area contributed by atoms with Gasteiger partial charge >= 0.3 is 0 Å². The summed E-state index contributed by atoms with van der Waals surface area (Å²) in [7, 11) is -3.83. The number of hydrogen-bond acceptors (Lipinski definition) is 4. The van der Waals surface area contributed by atoms with E-state index in [0.717, 1.165) is 0 Å². The van der Waals surface area contributed by atoms with E-state index in [1.165, 1.54) is 24.3 Å². The quantitative estimate of drug-likeness (QED) is 0.510. The van der Waals surface area contributed by atoms with Crippen molar-refractivity contribution in [3.05, 3.63) is 57.0 Å². The average Bonchev–Trinajstić information content (AvgIpc) is 2.44. The second-order valence-corrected chi connectivity index (χ2v) is 7.30. The highest BCUT2D eigenvalue weighted by molar-refractivity contribution is 7.92. The number of halogens is 4. The fraction of sp³-hybridized carbons (Fsp3) is 0.0769. The maximum Gasteiger partial charge on any atom is 0.261 e. The average molecular weight is 417 g/mol. The smallest absolute Gasteiger partial charge is 0.261 e. The summed E-state index contributed by atoms with van der Waals surface area (Å²) < 4.78 is 27.3. The predicted octanol–water partition coefficient (Wildman–Crippen LogP) is 3.83. The summed E-state index contributed by atoms with van der Waals surface area (Å²) in [6, 6.07) is 8.88. The molecule has 2 aromatic rings. The molecule has 126 valence electrons. The Balaban J connectivity index is 0.00000264. The van der Waals surface area contributed by atoms with Gasteiger partial charge in [-0.2, -0.15) is 0 Å². The van der Waals surface area contributed by atoms with E-state index in [1.54, 1.807) is 12.1 Å². The Morgan fingerprint density at radius 3 is 2.30 bits per heavy atom. The molecule has 23 heavy (non-hydrogen) atoms. The fourth-order valence-electron chi connectivity index (χ4n) is 1.76. The van der Waals surface area contributed by atoms with Crippen LogP contribution in [-0.4, -0.2) is 8.42 Å². The van der Waals surface area contributed by atoms with E-state index in [1.807, 2.05) is 0 Å². The lowest BCUT2D eigenvalue weighted by molar-refractivity contribution is 0.601. The lowest BCUT2D eigenvalue weighted by Gasteiger charge is -2.13. The second-order valence-electron chi connectivity index (χ2n) is 4.36. The third-order valence-electron chi connectivity index (χ3n) is 2.81. The van der Waals surface area contributed by atoms with E-state index in [0.29, 0.717) is 16.3 Å². The molecule has 0 fully saturated rings. The first-order valence-electron chi connectivity index (χ1n) is 6.03. The second kappa shape index (κ2) is 8.39. The molecule has 0 amide bonds. The van der Waals surface area contributed by atoms with E-state index in [9.17, 15) is 8.42 Å². The number of sulfonamides is 1. The van der Waals surface area contributed by atoms with Crippen molar-refractivity contribution in [3.8, 4) is 0 Å². The number of benzene rings is 2. The van der Waals surface area contributed by atoms with Crippen molar-refractivity contribution >= 4 is 62.9 Å². The molecule has 0 aliphatic carbocycles. The molecule has 4 N–H and O–H groups in total. The molecule has 2 aromatic carbocycles. The minimum Gasteiger partial charge on any atom is -0.279 e. The molecule has 0 spiro atoms. The maximum atomic E-state index is 12.4. The number of rotatable bonds is 5. The van der Waals surface area contributed by atoms with Gasteiger partial charge in [0.2, 0.25) is 0 Å². The first-order valence-corrected chi connectivity index (χ1v) is 8.65. The number of nitrogens with two attached hydrogens (primary N) is 1. The van der Waals surface area contributed by atoms with Crippen LogP contribution in [0.5, 0.6) is 0 Å². The molecule has 0 saturated heterocycles.